The number of nitro groups is 1. The lowest BCUT2D eigenvalue weighted by molar-refractivity contribution is -0.384. The predicted octanol–water partition coefficient (Wildman–Crippen LogP) is 2.05. The van der Waals surface area contributed by atoms with E-state index < -0.39 is 10.9 Å². The molecule has 2 rings (SSSR count). The Kier molecular flexibility index (Phi) is 3.51. The number of benzene rings is 1. The van der Waals surface area contributed by atoms with Crippen molar-refractivity contribution in [2.75, 3.05) is 0 Å². The molecule has 20 heavy (non-hydrogen) atoms. The van der Waals surface area contributed by atoms with E-state index in [1.807, 2.05) is 0 Å². The van der Waals surface area contributed by atoms with Gasteiger partial charge in [-0.1, -0.05) is 0 Å². The summed E-state index contributed by atoms with van der Waals surface area (Å²) in [5.41, 5.74) is 2.05. The van der Waals surface area contributed by atoms with Gasteiger partial charge in [-0.15, -0.1) is 0 Å². The summed E-state index contributed by atoms with van der Waals surface area (Å²) in [7, 11) is 0. The van der Waals surface area contributed by atoms with Crippen LogP contribution >= 0.6 is 0 Å². The van der Waals surface area contributed by atoms with Gasteiger partial charge in [0.05, 0.1) is 16.3 Å². The summed E-state index contributed by atoms with van der Waals surface area (Å²) in [6, 6.07) is 5.90. The minimum Gasteiger partial charge on any atom is -0.335 e. The Bertz CT molecular complexity index is 674. The van der Waals surface area contributed by atoms with Crippen LogP contribution in [0.1, 0.15) is 18.3 Å². The molecule has 7 nitrogen and oxygen atoms in total. The zero-order valence-electron chi connectivity index (χ0n) is 11.3. The van der Waals surface area contributed by atoms with E-state index in [-0.39, 0.29) is 5.69 Å². The average molecular weight is 275 g/mol. The van der Waals surface area contributed by atoms with Crippen LogP contribution in [0.4, 0.5) is 5.69 Å². The van der Waals surface area contributed by atoms with Gasteiger partial charge in [-0.25, -0.2) is 9.78 Å². The fourth-order valence-corrected chi connectivity index (χ4v) is 1.75. The van der Waals surface area contributed by atoms with Crippen LogP contribution in [0, 0.1) is 24.0 Å². The van der Waals surface area contributed by atoms with Crippen LogP contribution < -0.4 is 4.84 Å². The molecule has 1 heterocycles. The first kappa shape index (κ1) is 13.7. The van der Waals surface area contributed by atoms with E-state index in [2.05, 4.69) is 4.98 Å². The molecule has 104 valence electrons. The van der Waals surface area contributed by atoms with Gasteiger partial charge in [-0.2, -0.15) is 4.73 Å². The van der Waals surface area contributed by atoms with Crippen LogP contribution in [0.2, 0.25) is 0 Å². The molecule has 0 aliphatic heterocycles. The van der Waals surface area contributed by atoms with Gasteiger partial charge >= 0.3 is 5.97 Å². The van der Waals surface area contributed by atoms with Gasteiger partial charge in [0.1, 0.15) is 0 Å². The molecule has 0 bridgehead atoms. The number of nitrogens with zero attached hydrogens (tertiary/aromatic N) is 3. The van der Waals surface area contributed by atoms with Gasteiger partial charge in [0.15, 0.2) is 5.82 Å². The second kappa shape index (κ2) is 5.12. The van der Waals surface area contributed by atoms with Crippen molar-refractivity contribution in [2.24, 2.45) is 0 Å². The minimum absolute atomic E-state index is 0.00668. The summed E-state index contributed by atoms with van der Waals surface area (Å²) >= 11 is 0. The van der Waals surface area contributed by atoms with Crippen molar-refractivity contribution in [2.45, 2.75) is 20.8 Å². The monoisotopic (exact) mass is 275 g/mol. The molecule has 7 heteroatoms. The third kappa shape index (κ3) is 2.51. The van der Waals surface area contributed by atoms with Gasteiger partial charge in [-0.05, 0) is 26.0 Å². The molecule has 0 aliphatic rings. The first-order chi connectivity index (χ1) is 9.40. The zero-order valence-corrected chi connectivity index (χ0v) is 11.3. The maximum atomic E-state index is 11.1. The number of aryl methyl sites for hydroxylation is 1. The molecule has 0 saturated carbocycles. The lowest BCUT2D eigenvalue weighted by Gasteiger charge is -2.08. The Balaban J connectivity index is 2.49. The molecule has 0 saturated heterocycles. The van der Waals surface area contributed by atoms with Crippen molar-refractivity contribution < 1.29 is 14.6 Å². The van der Waals surface area contributed by atoms with E-state index in [1.54, 1.807) is 26.0 Å². The van der Waals surface area contributed by atoms with Crippen LogP contribution in [0.15, 0.2) is 24.3 Å². The van der Waals surface area contributed by atoms with E-state index in [4.69, 9.17) is 4.84 Å². The molecule has 0 fully saturated rings. The molecule has 0 N–H and O–H groups in total. The fraction of sp³-hybridized carbons (Fsp3) is 0.231. The minimum atomic E-state index is -0.473. The van der Waals surface area contributed by atoms with Gasteiger partial charge in [0.25, 0.3) is 5.69 Å². The van der Waals surface area contributed by atoms with Crippen molar-refractivity contribution in [3.05, 3.63) is 45.8 Å². The molecule has 1 aromatic heterocycles. The molecule has 0 unspecified atom stereocenters. The first-order valence-electron chi connectivity index (χ1n) is 5.90. The topological polar surface area (TPSA) is 87.3 Å². The number of nitro benzene ring substituents is 1. The summed E-state index contributed by atoms with van der Waals surface area (Å²) in [5, 5.41) is 10.6. The number of imidazole rings is 1. The Labute approximate surface area is 114 Å². The molecule has 1 aromatic carbocycles. The van der Waals surface area contributed by atoms with Crippen LogP contribution in [-0.4, -0.2) is 20.6 Å². The maximum absolute atomic E-state index is 11.1. The first-order valence-corrected chi connectivity index (χ1v) is 5.90. The number of hydrogen-bond donors (Lipinski definition) is 0. The van der Waals surface area contributed by atoms with Gasteiger partial charge in [0.2, 0.25) is 0 Å². The van der Waals surface area contributed by atoms with E-state index in [0.717, 1.165) is 5.69 Å². The maximum Gasteiger partial charge on any atom is 0.329 e. The molecular formula is C13H13N3O4. The van der Waals surface area contributed by atoms with Gasteiger partial charge < -0.3 is 4.84 Å². The number of aromatic nitrogens is 2. The lowest BCUT2D eigenvalue weighted by atomic mass is 10.2. The molecule has 0 spiro atoms. The number of hydrogen-bond acceptors (Lipinski definition) is 5. The highest BCUT2D eigenvalue weighted by Crippen LogP contribution is 2.23. The highest BCUT2D eigenvalue weighted by atomic mass is 16.7. The van der Waals surface area contributed by atoms with Gasteiger partial charge in [-0.3, -0.25) is 10.1 Å². The Morgan fingerprint density at radius 3 is 2.40 bits per heavy atom. The number of carbonyl (C=O) groups is 1. The molecule has 0 atom stereocenters. The standard InChI is InChI=1S/C13H13N3O4/c1-8-9(2)15(20-10(3)17)13(14-8)11-4-6-12(7-5-11)16(18)19/h4-7H,1-3H3. The SMILES string of the molecule is CC(=O)On1c(-c2ccc([N+](=O)[O-])cc2)nc(C)c1C. The molecule has 2 aromatic rings. The van der Waals surface area contributed by atoms with E-state index >= 15 is 0 Å². The summed E-state index contributed by atoms with van der Waals surface area (Å²) in [5.74, 6) is -0.0289. The largest absolute Gasteiger partial charge is 0.335 e. The zero-order chi connectivity index (χ0) is 14.9. The van der Waals surface area contributed by atoms with E-state index in [1.165, 1.54) is 23.8 Å². The normalized spacial score (nSPS) is 10.3. The van der Waals surface area contributed by atoms with E-state index in [9.17, 15) is 14.9 Å². The van der Waals surface area contributed by atoms with Crippen molar-refractivity contribution in [1.82, 2.24) is 9.71 Å². The van der Waals surface area contributed by atoms with Crippen LogP contribution in [0.3, 0.4) is 0 Å². The Morgan fingerprint density at radius 1 is 1.30 bits per heavy atom. The van der Waals surface area contributed by atoms with Crippen LogP contribution in [-0.2, 0) is 4.79 Å². The van der Waals surface area contributed by atoms with Crippen LogP contribution in [0.25, 0.3) is 11.4 Å². The lowest BCUT2D eigenvalue weighted by Crippen LogP contribution is -2.18. The smallest absolute Gasteiger partial charge is 0.329 e. The van der Waals surface area contributed by atoms with Crippen molar-refractivity contribution >= 4 is 11.7 Å². The number of carbonyl (C=O) groups excluding carboxylic acids is 1. The van der Waals surface area contributed by atoms with Crippen molar-refractivity contribution in [3.63, 3.8) is 0 Å². The highest BCUT2D eigenvalue weighted by Gasteiger charge is 2.16. The second-order valence-electron chi connectivity index (χ2n) is 4.29. The molecule has 0 amide bonds. The summed E-state index contributed by atoms with van der Waals surface area (Å²) in [4.78, 5) is 30.7. The second-order valence-corrected chi connectivity index (χ2v) is 4.29. The third-order valence-electron chi connectivity index (χ3n) is 2.85. The van der Waals surface area contributed by atoms with Gasteiger partial charge in [0, 0.05) is 24.6 Å². The van der Waals surface area contributed by atoms with E-state index in [0.29, 0.717) is 17.1 Å². The predicted molar refractivity (Wildman–Crippen MR) is 71.1 cm³/mol. The number of rotatable bonds is 3. The quantitative estimate of drug-likeness (QED) is 0.632. The Hall–Kier alpha value is -2.70. The average Bonchev–Trinajstić information content (AvgIpc) is 2.66. The van der Waals surface area contributed by atoms with Crippen molar-refractivity contribution in [3.8, 4) is 11.4 Å². The number of non-ortho nitro benzene ring substituents is 1. The molecular weight excluding hydrogens is 262 g/mol. The third-order valence-corrected chi connectivity index (χ3v) is 2.85. The Morgan fingerprint density at radius 2 is 1.90 bits per heavy atom. The molecule has 0 radical (unpaired) electrons. The molecule has 0 aliphatic carbocycles. The fourth-order valence-electron chi connectivity index (χ4n) is 1.75. The summed E-state index contributed by atoms with van der Waals surface area (Å²) in [6.45, 7) is 4.87. The summed E-state index contributed by atoms with van der Waals surface area (Å²) < 4.78 is 1.33. The van der Waals surface area contributed by atoms with Crippen molar-refractivity contribution in [1.29, 1.82) is 0 Å². The highest BCUT2D eigenvalue weighted by molar-refractivity contribution is 5.67. The summed E-state index contributed by atoms with van der Waals surface area (Å²) in [6.07, 6.45) is 0. The van der Waals surface area contributed by atoms with Crippen LogP contribution in [0.5, 0.6) is 0 Å².